The van der Waals surface area contributed by atoms with Gasteiger partial charge in [-0.3, -0.25) is 14.5 Å². The number of rotatable bonds is 4. The minimum atomic E-state index is -0.799. The first-order valence-corrected chi connectivity index (χ1v) is 7.24. The van der Waals surface area contributed by atoms with Gasteiger partial charge in [-0.15, -0.1) is 0 Å². The molecule has 0 unspecified atom stereocenters. The zero-order valence-corrected chi connectivity index (χ0v) is 13.1. The van der Waals surface area contributed by atoms with Crippen molar-refractivity contribution >= 4 is 49.4 Å². The third kappa shape index (κ3) is 3.77. The molecule has 1 heterocycles. The van der Waals surface area contributed by atoms with Crippen LogP contribution in [0.25, 0.3) is 0 Å². The van der Waals surface area contributed by atoms with Gasteiger partial charge < -0.3 is 10.4 Å². The highest BCUT2D eigenvalue weighted by Crippen LogP contribution is 2.26. The summed E-state index contributed by atoms with van der Waals surface area (Å²) in [6.45, 7) is 1.08. The predicted molar refractivity (Wildman–Crippen MR) is 78.0 cm³/mol. The van der Waals surface area contributed by atoms with Crippen molar-refractivity contribution in [2.45, 2.75) is 0 Å². The lowest BCUT2D eigenvalue weighted by molar-refractivity contribution is -0.148. The molecule has 0 bridgehead atoms. The van der Waals surface area contributed by atoms with Crippen molar-refractivity contribution in [2.24, 2.45) is 5.92 Å². The van der Waals surface area contributed by atoms with Crippen LogP contribution in [-0.4, -0.2) is 41.5 Å². The van der Waals surface area contributed by atoms with Gasteiger partial charge in [0.25, 0.3) is 0 Å². The first-order chi connectivity index (χ1) is 8.95. The molecule has 0 spiro atoms. The Balaban J connectivity index is 1.84. The van der Waals surface area contributed by atoms with Crippen LogP contribution in [0.2, 0.25) is 0 Å². The van der Waals surface area contributed by atoms with Crippen LogP contribution in [0, 0.1) is 5.92 Å². The van der Waals surface area contributed by atoms with Crippen LogP contribution in [0.3, 0.4) is 0 Å². The SMILES string of the molecule is O=C(CN1CC(C(=O)O)C1)Nc1ccc(Br)cc1Br. The summed E-state index contributed by atoms with van der Waals surface area (Å²) in [6, 6.07) is 5.48. The molecule has 1 saturated heterocycles. The summed E-state index contributed by atoms with van der Waals surface area (Å²) in [7, 11) is 0. The third-order valence-electron chi connectivity index (χ3n) is 2.88. The van der Waals surface area contributed by atoms with E-state index in [2.05, 4.69) is 37.2 Å². The van der Waals surface area contributed by atoms with Crippen molar-refractivity contribution in [1.29, 1.82) is 0 Å². The Morgan fingerprint density at radius 1 is 1.37 bits per heavy atom. The molecule has 0 aromatic heterocycles. The van der Waals surface area contributed by atoms with Crippen molar-refractivity contribution < 1.29 is 14.7 Å². The van der Waals surface area contributed by atoms with E-state index in [0.29, 0.717) is 18.8 Å². The van der Waals surface area contributed by atoms with Crippen LogP contribution in [0.15, 0.2) is 27.1 Å². The first kappa shape index (κ1) is 14.5. The Labute approximate surface area is 127 Å². The maximum Gasteiger partial charge on any atom is 0.309 e. The fraction of sp³-hybridized carbons (Fsp3) is 0.333. The first-order valence-electron chi connectivity index (χ1n) is 5.66. The second-order valence-corrected chi connectivity index (χ2v) is 6.17. The van der Waals surface area contributed by atoms with E-state index in [9.17, 15) is 9.59 Å². The second-order valence-electron chi connectivity index (χ2n) is 4.40. The van der Waals surface area contributed by atoms with Crippen LogP contribution in [0.5, 0.6) is 0 Å². The lowest BCUT2D eigenvalue weighted by atomic mass is 10.0. The molecular formula is C12H12Br2N2O3. The molecule has 0 radical (unpaired) electrons. The average molecular weight is 392 g/mol. The van der Waals surface area contributed by atoms with Crippen molar-refractivity contribution in [3.8, 4) is 0 Å². The highest BCUT2D eigenvalue weighted by molar-refractivity contribution is 9.11. The normalized spacial score (nSPS) is 15.9. The largest absolute Gasteiger partial charge is 0.481 e. The maximum absolute atomic E-state index is 11.8. The minimum Gasteiger partial charge on any atom is -0.481 e. The number of anilines is 1. The number of halogens is 2. The maximum atomic E-state index is 11.8. The summed E-state index contributed by atoms with van der Waals surface area (Å²) < 4.78 is 1.71. The molecule has 1 aliphatic rings. The highest BCUT2D eigenvalue weighted by Gasteiger charge is 2.33. The molecular weight excluding hydrogens is 380 g/mol. The lowest BCUT2D eigenvalue weighted by Crippen LogP contribution is -2.52. The lowest BCUT2D eigenvalue weighted by Gasteiger charge is -2.35. The summed E-state index contributed by atoms with van der Waals surface area (Å²) in [5.41, 5.74) is 0.698. The van der Waals surface area contributed by atoms with E-state index in [-0.39, 0.29) is 18.4 Å². The van der Waals surface area contributed by atoms with Crippen molar-refractivity contribution in [1.82, 2.24) is 4.90 Å². The number of carboxylic acids is 1. The quantitative estimate of drug-likeness (QED) is 0.825. The van der Waals surface area contributed by atoms with Crippen LogP contribution in [0.4, 0.5) is 5.69 Å². The Morgan fingerprint density at radius 2 is 2.05 bits per heavy atom. The van der Waals surface area contributed by atoms with Crippen LogP contribution < -0.4 is 5.32 Å². The number of carboxylic acid groups (broad SMARTS) is 1. The molecule has 1 aromatic carbocycles. The van der Waals surface area contributed by atoms with E-state index >= 15 is 0 Å². The van der Waals surface area contributed by atoms with Gasteiger partial charge in [-0.25, -0.2) is 0 Å². The van der Waals surface area contributed by atoms with E-state index in [1.54, 1.807) is 11.0 Å². The molecule has 0 saturated carbocycles. The summed E-state index contributed by atoms with van der Waals surface area (Å²) in [5.74, 6) is -1.29. The zero-order valence-electron chi connectivity index (χ0n) is 9.90. The van der Waals surface area contributed by atoms with Crippen molar-refractivity contribution in [3.05, 3.63) is 27.1 Å². The molecule has 2 N–H and O–H groups in total. The van der Waals surface area contributed by atoms with E-state index < -0.39 is 5.97 Å². The fourth-order valence-corrected chi connectivity index (χ4v) is 2.99. The number of amides is 1. The minimum absolute atomic E-state index is 0.146. The summed E-state index contributed by atoms with van der Waals surface area (Å²) in [4.78, 5) is 24.2. The molecule has 1 amide bonds. The number of hydrogen-bond acceptors (Lipinski definition) is 3. The molecule has 2 rings (SSSR count). The third-order valence-corrected chi connectivity index (χ3v) is 4.03. The molecule has 19 heavy (non-hydrogen) atoms. The molecule has 1 fully saturated rings. The number of nitrogens with one attached hydrogen (secondary N) is 1. The van der Waals surface area contributed by atoms with Crippen LogP contribution in [0.1, 0.15) is 0 Å². The van der Waals surface area contributed by atoms with Gasteiger partial charge in [0, 0.05) is 22.0 Å². The van der Waals surface area contributed by atoms with Crippen LogP contribution >= 0.6 is 31.9 Å². The smallest absolute Gasteiger partial charge is 0.309 e. The standard InChI is InChI=1S/C12H12Br2N2O3/c13-8-1-2-10(9(14)3-8)15-11(17)6-16-4-7(5-16)12(18)19/h1-3,7H,4-6H2,(H,15,17)(H,18,19). The summed E-state index contributed by atoms with van der Waals surface area (Å²) >= 11 is 6.70. The van der Waals surface area contributed by atoms with Crippen molar-refractivity contribution in [2.75, 3.05) is 25.0 Å². The van der Waals surface area contributed by atoms with Crippen molar-refractivity contribution in [3.63, 3.8) is 0 Å². The Morgan fingerprint density at radius 3 is 2.63 bits per heavy atom. The molecule has 0 atom stereocenters. The monoisotopic (exact) mass is 390 g/mol. The Kier molecular flexibility index (Phi) is 4.59. The van der Waals surface area contributed by atoms with E-state index in [1.807, 2.05) is 12.1 Å². The summed E-state index contributed by atoms with van der Waals surface area (Å²) in [5, 5.41) is 11.5. The van der Waals surface area contributed by atoms with Gasteiger partial charge in [0.15, 0.2) is 0 Å². The number of hydrogen-bond donors (Lipinski definition) is 2. The molecule has 1 aromatic rings. The van der Waals surface area contributed by atoms with Gasteiger partial charge >= 0.3 is 5.97 Å². The van der Waals surface area contributed by atoms with Gasteiger partial charge in [-0.1, -0.05) is 15.9 Å². The van der Waals surface area contributed by atoms with Gasteiger partial charge in [-0.05, 0) is 34.1 Å². The number of aliphatic carboxylic acids is 1. The molecule has 5 nitrogen and oxygen atoms in total. The van der Waals surface area contributed by atoms with E-state index in [0.717, 1.165) is 8.95 Å². The van der Waals surface area contributed by atoms with E-state index in [4.69, 9.17) is 5.11 Å². The second kappa shape index (κ2) is 6.02. The average Bonchev–Trinajstić information content (AvgIpc) is 2.26. The number of nitrogens with zero attached hydrogens (tertiary/aromatic N) is 1. The number of carbonyl (C=O) groups excluding carboxylic acids is 1. The topological polar surface area (TPSA) is 69.6 Å². The molecule has 0 aliphatic carbocycles. The summed E-state index contributed by atoms with van der Waals surface area (Å²) in [6.07, 6.45) is 0. The number of benzene rings is 1. The molecule has 102 valence electrons. The van der Waals surface area contributed by atoms with Gasteiger partial charge in [0.2, 0.25) is 5.91 Å². The molecule has 1 aliphatic heterocycles. The zero-order chi connectivity index (χ0) is 14.0. The number of carbonyl (C=O) groups is 2. The van der Waals surface area contributed by atoms with Gasteiger partial charge in [0.05, 0.1) is 18.2 Å². The highest BCUT2D eigenvalue weighted by atomic mass is 79.9. The fourth-order valence-electron chi connectivity index (χ4n) is 1.84. The van der Waals surface area contributed by atoms with Gasteiger partial charge in [0.1, 0.15) is 0 Å². The van der Waals surface area contributed by atoms with Crippen LogP contribution in [-0.2, 0) is 9.59 Å². The molecule has 7 heteroatoms. The Bertz CT molecular complexity index is 516. The number of likely N-dealkylation sites (tertiary alicyclic amines) is 1. The Hall–Kier alpha value is -0.920. The van der Waals surface area contributed by atoms with Gasteiger partial charge in [-0.2, -0.15) is 0 Å². The predicted octanol–water partition coefficient (Wildman–Crippen LogP) is 2.17. The van der Waals surface area contributed by atoms with E-state index in [1.165, 1.54) is 0 Å².